The van der Waals surface area contributed by atoms with Gasteiger partial charge in [0.2, 0.25) is 0 Å². The van der Waals surface area contributed by atoms with Crippen LogP contribution in [0, 0.1) is 0 Å². The Morgan fingerprint density at radius 1 is 1.00 bits per heavy atom. The molecule has 1 saturated heterocycles. The first-order valence-electron chi connectivity index (χ1n) is 11.7. The van der Waals surface area contributed by atoms with Gasteiger partial charge in [-0.1, -0.05) is 36.4 Å². The molecule has 0 radical (unpaired) electrons. The lowest BCUT2D eigenvalue weighted by Gasteiger charge is -2.33. The maximum absolute atomic E-state index is 5.91. The van der Waals surface area contributed by atoms with Crippen LogP contribution in [0.2, 0.25) is 0 Å². The molecule has 34 heavy (non-hydrogen) atoms. The Kier molecular flexibility index (Phi) is 10.2. The Balaban J connectivity index is 0.00000324. The van der Waals surface area contributed by atoms with Gasteiger partial charge in [-0.05, 0) is 48.0 Å². The number of aromatic nitrogens is 1. The van der Waals surface area contributed by atoms with Crippen LogP contribution >= 0.6 is 24.0 Å². The molecule has 1 aromatic heterocycles. The van der Waals surface area contributed by atoms with E-state index in [1.807, 2.05) is 18.3 Å². The number of nitrogens with one attached hydrogen (secondary N) is 2. The summed E-state index contributed by atoms with van der Waals surface area (Å²) in [6.07, 6.45) is 2.83. The van der Waals surface area contributed by atoms with Gasteiger partial charge in [-0.2, -0.15) is 0 Å². The third kappa shape index (κ3) is 7.46. The summed E-state index contributed by atoms with van der Waals surface area (Å²) in [6.45, 7) is 6.35. The largest absolute Gasteiger partial charge is 0.494 e. The molecule has 0 atom stereocenters. The van der Waals surface area contributed by atoms with Crippen LogP contribution in [0.3, 0.4) is 0 Å². The lowest BCUT2D eigenvalue weighted by Crippen LogP contribution is -2.44. The predicted octanol–water partition coefficient (Wildman–Crippen LogP) is 3.74. The molecule has 8 heteroatoms. The number of halogens is 1. The number of nitrogens with zero attached hydrogens (tertiary/aromatic N) is 4. The van der Waals surface area contributed by atoms with Crippen LogP contribution in [-0.2, 0) is 6.54 Å². The van der Waals surface area contributed by atoms with Crippen molar-refractivity contribution in [2.24, 2.45) is 4.99 Å². The van der Waals surface area contributed by atoms with Crippen LogP contribution in [0.4, 0.5) is 5.82 Å². The second-order valence-electron chi connectivity index (χ2n) is 8.38. The topological polar surface area (TPSA) is 65.0 Å². The summed E-state index contributed by atoms with van der Waals surface area (Å²) in [5.74, 6) is 2.74. The molecule has 0 aliphatic carbocycles. The fraction of sp³-hybridized carbons (Fsp3) is 0.385. The number of likely N-dealkylation sites (N-methyl/N-ethyl adjacent to an activating group) is 1. The highest BCUT2D eigenvalue weighted by Crippen LogP contribution is 2.20. The van der Waals surface area contributed by atoms with Gasteiger partial charge in [0.05, 0.1) is 6.61 Å². The fourth-order valence-corrected chi connectivity index (χ4v) is 3.88. The van der Waals surface area contributed by atoms with Crippen LogP contribution in [0.15, 0.2) is 65.8 Å². The number of aliphatic imine (C=N–C) groups is 1. The van der Waals surface area contributed by atoms with Crippen molar-refractivity contribution in [1.82, 2.24) is 20.5 Å². The number of pyridine rings is 1. The Morgan fingerprint density at radius 2 is 1.79 bits per heavy atom. The molecule has 2 aromatic carbocycles. The highest BCUT2D eigenvalue weighted by molar-refractivity contribution is 14.0. The van der Waals surface area contributed by atoms with Gasteiger partial charge < -0.3 is 25.2 Å². The SMILES string of the molecule is CN=C(NCCCOc1ccc2ccccc2c1)NCc1ccc(N2CCN(C)CC2)nc1.I. The van der Waals surface area contributed by atoms with E-state index >= 15 is 0 Å². The molecular weight excluding hydrogens is 539 g/mol. The molecule has 1 aliphatic rings. The normalized spacial score (nSPS) is 14.5. The molecule has 0 saturated carbocycles. The van der Waals surface area contributed by atoms with Crippen molar-refractivity contribution < 1.29 is 4.74 Å². The highest BCUT2D eigenvalue weighted by Gasteiger charge is 2.14. The van der Waals surface area contributed by atoms with Gasteiger partial charge >= 0.3 is 0 Å². The van der Waals surface area contributed by atoms with Gasteiger partial charge in [0.25, 0.3) is 0 Å². The van der Waals surface area contributed by atoms with Crippen molar-refractivity contribution >= 4 is 46.5 Å². The molecule has 0 spiro atoms. The first kappa shape index (κ1) is 26.0. The van der Waals surface area contributed by atoms with E-state index in [0.29, 0.717) is 13.2 Å². The average molecular weight is 575 g/mol. The van der Waals surface area contributed by atoms with Crippen LogP contribution in [-0.4, -0.2) is 69.3 Å². The third-order valence-corrected chi connectivity index (χ3v) is 5.92. The highest BCUT2D eigenvalue weighted by atomic mass is 127. The average Bonchev–Trinajstić information content (AvgIpc) is 2.86. The Labute approximate surface area is 219 Å². The quantitative estimate of drug-likeness (QED) is 0.185. The summed E-state index contributed by atoms with van der Waals surface area (Å²) >= 11 is 0. The van der Waals surface area contributed by atoms with Crippen molar-refractivity contribution in [3.63, 3.8) is 0 Å². The summed E-state index contributed by atoms with van der Waals surface area (Å²) in [5.41, 5.74) is 1.13. The standard InChI is InChI=1S/C26H34N6O.HI/c1-27-26(28-12-5-17-33-24-10-9-22-6-3-4-7-23(22)18-24)30-20-21-8-11-25(29-19-21)32-15-13-31(2)14-16-32;/h3-4,6-11,18-19H,5,12-17,20H2,1-2H3,(H2,27,28,30);1H. The Hall–Kier alpha value is -2.59. The number of benzene rings is 2. The summed E-state index contributed by atoms with van der Waals surface area (Å²) < 4.78 is 5.91. The predicted molar refractivity (Wildman–Crippen MR) is 152 cm³/mol. The van der Waals surface area contributed by atoms with E-state index in [1.165, 1.54) is 10.8 Å². The fourth-order valence-electron chi connectivity index (χ4n) is 3.88. The molecule has 4 rings (SSSR count). The second-order valence-corrected chi connectivity index (χ2v) is 8.38. The second kappa shape index (κ2) is 13.3. The Bertz CT molecular complexity index is 1050. The van der Waals surface area contributed by atoms with Crippen molar-refractivity contribution in [3.05, 3.63) is 66.4 Å². The monoisotopic (exact) mass is 574 g/mol. The summed E-state index contributed by atoms with van der Waals surface area (Å²) in [5, 5.41) is 9.13. The van der Waals surface area contributed by atoms with E-state index in [0.717, 1.165) is 62.2 Å². The van der Waals surface area contributed by atoms with Crippen molar-refractivity contribution in [1.29, 1.82) is 0 Å². The molecule has 182 valence electrons. The number of hydrogen-bond donors (Lipinski definition) is 2. The molecule has 0 bridgehead atoms. The molecule has 0 amide bonds. The maximum Gasteiger partial charge on any atom is 0.191 e. The van der Waals surface area contributed by atoms with E-state index < -0.39 is 0 Å². The minimum Gasteiger partial charge on any atom is -0.494 e. The van der Waals surface area contributed by atoms with Gasteiger partial charge in [0.15, 0.2) is 5.96 Å². The van der Waals surface area contributed by atoms with Gasteiger partial charge in [0, 0.05) is 52.5 Å². The zero-order valence-electron chi connectivity index (χ0n) is 20.0. The minimum absolute atomic E-state index is 0. The van der Waals surface area contributed by atoms with E-state index in [4.69, 9.17) is 4.74 Å². The molecule has 1 fully saturated rings. The van der Waals surface area contributed by atoms with Crippen molar-refractivity contribution in [3.8, 4) is 5.75 Å². The molecule has 3 aromatic rings. The van der Waals surface area contributed by atoms with Gasteiger partial charge in [-0.25, -0.2) is 4.98 Å². The van der Waals surface area contributed by atoms with Crippen LogP contribution < -0.4 is 20.3 Å². The molecule has 7 nitrogen and oxygen atoms in total. The number of guanidine groups is 1. The lowest BCUT2D eigenvalue weighted by molar-refractivity contribution is 0.311. The first-order valence-corrected chi connectivity index (χ1v) is 11.7. The van der Waals surface area contributed by atoms with Crippen LogP contribution in [0.25, 0.3) is 10.8 Å². The Morgan fingerprint density at radius 3 is 2.53 bits per heavy atom. The maximum atomic E-state index is 5.91. The number of piperazine rings is 1. The van der Waals surface area contributed by atoms with Gasteiger partial charge in [-0.3, -0.25) is 4.99 Å². The molecular formula is C26H35IN6O. The molecule has 1 aliphatic heterocycles. The van der Waals surface area contributed by atoms with E-state index in [-0.39, 0.29) is 24.0 Å². The minimum atomic E-state index is 0. The zero-order chi connectivity index (χ0) is 22.9. The number of anilines is 1. The molecule has 2 N–H and O–H groups in total. The third-order valence-electron chi connectivity index (χ3n) is 5.92. The summed E-state index contributed by atoms with van der Waals surface area (Å²) in [7, 11) is 3.95. The smallest absolute Gasteiger partial charge is 0.191 e. The van der Waals surface area contributed by atoms with Crippen molar-refractivity contribution in [2.45, 2.75) is 13.0 Å². The van der Waals surface area contributed by atoms with Gasteiger partial charge in [0.1, 0.15) is 11.6 Å². The van der Waals surface area contributed by atoms with E-state index in [2.05, 4.69) is 79.9 Å². The van der Waals surface area contributed by atoms with E-state index in [9.17, 15) is 0 Å². The molecule has 0 unspecified atom stereocenters. The van der Waals surface area contributed by atoms with Gasteiger partial charge in [-0.15, -0.1) is 24.0 Å². The van der Waals surface area contributed by atoms with Crippen LogP contribution in [0.1, 0.15) is 12.0 Å². The summed E-state index contributed by atoms with van der Waals surface area (Å²) in [6, 6.07) is 18.8. The number of hydrogen-bond acceptors (Lipinski definition) is 5. The van der Waals surface area contributed by atoms with E-state index in [1.54, 1.807) is 7.05 Å². The summed E-state index contributed by atoms with van der Waals surface area (Å²) in [4.78, 5) is 13.7. The number of rotatable bonds is 8. The lowest BCUT2D eigenvalue weighted by atomic mass is 10.1. The first-order chi connectivity index (χ1) is 16.2. The zero-order valence-corrected chi connectivity index (χ0v) is 22.4. The van der Waals surface area contributed by atoms with Crippen molar-refractivity contribution in [2.75, 3.05) is 58.3 Å². The van der Waals surface area contributed by atoms with Crippen LogP contribution in [0.5, 0.6) is 5.75 Å². The number of fused-ring (bicyclic) bond motifs is 1. The molecule has 2 heterocycles. The number of ether oxygens (including phenoxy) is 1.